The molecule has 1 aliphatic carbocycles. The summed E-state index contributed by atoms with van der Waals surface area (Å²) in [6.45, 7) is -2.90. The third-order valence-electron chi connectivity index (χ3n) is 3.97. The molecule has 1 heterocycles. The molecule has 1 aromatic heterocycles. The molecule has 24 heavy (non-hydrogen) atoms. The fraction of sp³-hybridized carbons (Fsp3) is 0.375. The van der Waals surface area contributed by atoms with Gasteiger partial charge in [-0.3, -0.25) is 9.89 Å². The van der Waals surface area contributed by atoms with Gasteiger partial charge in [0.1, 0.15) is 5.75 Å². The van der Waals surface area contributed by atoms with Gasteiger partial charge in [0.2, 0.25) is 0 Å². The highest BCUT2D eigenvalue weighted by Gasteiger charge is 2.23. The number of aryl methyl sites for hydroxylation is 1. The van der Waals surface area contributed by atoms with Gasteiger partial charge in [-0.05, 0) is 37.0 Å². The molecule has 128 valence electrons. The number of fused-ring (bicyclic) bond motifs is 1. The van der Waals surface area contributed by atoms with Crippen LogP contribution in [0.25, 0.3) is 0 Å². The first-order valence-corrected chi connectivity index (χ1v) is 7.61. The molecule has 0 aliphatic heterocycles. The van der Waals surface area contributed by atoms with Crippen LogP contribution in [0.2, 0.25) is 0 Å². The lowest BCUT2D eigenvalue weighted by Gasteiger charge is -2.13. The predicted molar refractivity (Wildman–Crippen MR) is 81.0 cm³/mol. The second kappa shape index (κ2) is 6.96. The maximum absolute atomic E-state index is 12.2. The van der Waals surface area contributed by atoms with Gasteiger partial charge in [0, 0.05) is 17.8 Å². The summed E-state index contributed by atoms with van der Waals surface area (Å²) in [6, 6.07) is 5.63. The molecule has 0 bridgehead atoms. The van der Waals surface area contributed by atoms with Crippen LogP contribution in [0.4, 0.5) is 8.78 Å². The van der Waals surface area contributed by atoms with Crippen molar-refractivity contribution in [2.75, 3.05) is 6.54 Å². The summed E-state index contributed by atoms with van der Waals surface area (Å²) < 4.78 is 28.4. The SMILES string of the molecule is O=C(NCC(O)c1ccc(OC(F)F)cc1)c1n[nH]c2c1CCC2. The molecule has 0 radical (unpaired) electrons. The number of ether oxygens (including phenoxy) is 1. The molecule has 1 unspecified atom stereocenters. The van der Waals surface area contributed by atoms with E-state index in [1.54, 1.807) is 0 Å². The first-order valence-electron chi connectivity index (χ1n) is 7.61. The molecule has 1 amide bonds. The number of aromatic nitrogens is 2. The van der Waals surface area contributed by atoms with Crippen molar-refractivity contribution in [3.05, 3.63) is 46.8 Å². The Morgan fingerprint density at radius 3 is 2.79 bits per heavy atom. The number of alkyl halides is 2. The Hall–Kier alpha value is -2.48. The van der Waals surface area contributed by atoms with Crippen LogP contribution in [-0.2, 0) is 12.8 Å². The van der Waals surface area contributed by atoms with Gasteiger partial charge in [-0.2, -0.15) is 13.9 Å². The zero-order chi connectivity index (χ0) is 17.1. The molecule has 0 spiro atoms. The van der Waals surface area contributed by atoms with E-state index in [0.29, 0.717) is 11.3 Å². The Bertz CT molecular complexity index is 716. The van der Waals surface area contributed by atoms with Crippen molar-refractivity contribution in [1.82, 2.24) is 15.5 Å². The molecule has 1 atom stereocenters. The number of aliphatic hydroxyl groups is 1. The molecule has 1 aliphatic rings. The fourth-order valence-corrected chi connectivity index (χ4v) is 2.77. The molecule has 3 N–H and O–H groups in total. The van der Waals surface area contributed by atoms with Gasteiger partial charge in [0.25, 0.3) is 5.91 Å². The number of nitrogens with zero attached hydrogens (tertiary/aromatic N) is 1. The summed E-state index contributed by atoms with van der Waals surface area (Å²) in [5, 5.41) is 19.6. The molecule has 2 aromatic rings. The van der Waals surface area contributed by atoms with Crippen LogP contribution in [0, 0.1) is 0 Å². The molecule has 8 heteroatoms. The lowest BCUT2D eigenvalue weighted by atomic mass is 10.1. The van der Waals surface area contributed by atoms with Crippen molar-refractivity contribution in [3.8, 4) is 5.75 Å². The number of hydrogen-bond acceptors (Lipinski definition) is 4. The first-order chi connectivity index (χ1) is 11.5. The molecular formula is C16H17F2N3O3. The number of rotatable bonds is 6. The molecule has 6 nitrogen and oxygen atoms in total. The Morgan fingerprint density at radius 1 is 1.33 bits per heavy atom. The third-order valence-corrected chi connectivity index (χ3v) is 3.97. The average molecular weight is 337 g/mol. The molecule has 0 saturated heterocycles. The van der Waals surface area contributed by atoms with Gasteiger partial charge in [-0.25, -0.2) is 0 Å². The minimum Gasteiger partial charge on any atom is -0.435 e. The number of hydrogen-bond donors (Lipinski definition) is 3. The number of carbonyl (C=O) groups is 1. The van der Waals surface area contributed by atoms with Crippen molar-refractivity contribution in [1.29, 1.82) is 0 Å². The Balaban J connectivity index is 1.56. The van der Waals surface area contributed by atoms with Crippen LogP contribution >= 0.6 is 0 Å². The smallest absolute Gasteiger partial charge is 0.387 e. The van der Waals surface area contributed by atoms with E-state index >= 15 is 0 Å². The largest absolute Gasteiger partial charge is 0.435 e. The first kappa shape index (κ1) is 16.4. The van der Waals surface area contributed by atoms with Crippen LogP contribution < -0.4 is 10.1 Å². The van der Waals surface area contributed by atoms with Crippen molar-refractivity contribution in [2.24, 2.45) is 0 Å². The van der Waals surface area contributed by atoms with Crippen molar-refractivity contribution >= 4 is 5.91 Å². The summed E-state index contributed by atoms with van der Waals surface area (Å²) in [4.78, 5) is 12.2. The summed E-state index contributed by atoms with van der Waals surface area (Å²) >= 11 is 0. The maximum Gasteiger partial charge on any atom is 0.387 e. The minimum absolute atomic E-state index is 0.00445. The Morgan fingerprint density at radius 2 is 2.08 bits per heavy atom. The van der Waals surface area contributed by atoms with Gasteiger partial charge in [-0.1, -0.05) is 12.1 Å². The topological polar surface area (TPSA) is 87.2 Å². The van der Waals surface area contributed by atoms with Crippen LogP contribution in [-0.4, -0.2) is 34.4 Å². The van der Waals surface area contributed by atoms with Gasteiger partial charge < -0.3 is 15.2 Å². The highest BCUT2D eigenvalue weighted by atomic mass is 19.3. The highest BCUT2D eigenvalue weighted by Crippen LogP contribution is 2.23. The van der Waals surface area contributed by atoms with Crippen LogP contribution in [0.5, 0.6) is 5.75 Å². The van der Waals surface area contributed by atoms with Crippen LogP contribution in [0.1, 0.15) is 39.8 Å². The predicted octanol–water partition coefficient (Wildman–Crippen LogP) is 1.96. The van der Waals surface area contributed by atoms with E-state index in [2.05, 4.69) is 20.3 Å². The molecule has 0 fully saturated rings. The number of benzene rings is 1. The second-order valence-electron chi connectivity index (χ2n) is 5.56. The molecular weight excluding hydrogens is 320 g/mol. The van der Waals surface area contributed by atoms with E-state index in [1.165, 1.54) is 24.3 Å². The standard InChI is InChI=1S/C16H17F2N3O3/c17-16(18)24-10-6-4-9(5-7-10)13(22)8-19-15(23)14-11-2-1-3-12(11)20-21-14/h4-7,13,16,22H,1-3,8H2,(H,19,23)(H,20,21). The molecule has 3 rings (SSSR count). The number of halogens is 2. The van der Waals surface area contributed by atoms with Crippen LogP contribution in [0.15, 0.2) is 24.3 Å². The summed E-state index contributed by atoms with van der Waals surface area (Å²) in [5.41, 5.74) is 2.80. The van der Waals surface area contributed by atoms with Gasteiger partial charge in [0.05, 0.1) is 6.10 Å². The zero-order valence-corrected chi connectivity index (χ0v) is 12.8. The number of aromatic amines is 1. The van der Waals surface area contributed by atoms with E-state index in [-0.39, 0.29) is 18.2 Å². The normalized spacial score (nSPS) is 14.5. The van der Waals surface area contributed by atoms with Crippen molar-refractivity contribution in [3.63, 3.8) is 0 Å². The van der Waals surface area contributed by atoms with Crippen molar-refractivity contribution in [2.45, 2.75) is 32.0 Å². The number of H-pyrrole nitrogens is 1. The van der Waals surface area contributed by atoms with E-state index in [4.69, 9.17) is 0 Å². The van der Waals surface area contributed by atoms with E-state index in [1.807, 2.05) is 0 Å². The Labute approximate surface area is 136 Å². The molecule has 1 aromatic carbocycles. The van der Waals surface area contributed by atoms with Gasteiger partial charge in [0.15, 0.2) is 5.69 Å². The molecule has 0 saturated carbocycles. The number of nitrogens with one attached hydrogen (secondary N) is 2. The second-order valence-corrected chi connectivity index (χ2v) is 5.56. The summed E-state index contributed by atoms with van der Waals surface area (Å²) in [6.07, 6.45) is 1.76. The van der Waals surface area contributed by atoms with E-state index < -0.39 is 12.7 Å². The van der Waals surface area contributed by atoms with Gasteiger partial charge >= 0.3 is 6.61 Å². The maximum atomic E-state index is 12.2. The summed E-state index contributed by atoms with van der Waals surface area (Å²) in [5.74, 6) is -0.330. The van der Waals surface area contributed by atoms with Crippen molar-refractivity contribution < 1.29 is 23.4 Å². The third kappa shape index (κ3) is 3.53. The monoisotopic (exact) mass is 337 g/mol. The average Bonchev–Trinajstić information content (AvgIpc) is 3.15. The minimum atomic E-state index is -2.89. The fourth-order valence-electron chi connectivity index (χ4n) is 2.77. The van der Waals surface area contributed by atoms with Gasteiger partial charge in [-0.15, -0.1) is 0 Å². The van der Waals surface area contributed by atoms with E-state index in [0.717, 1.165) is 30.5 Å². The number of carbonyl (C=O) groups excluding carboxylic acids is 1. The lowest BCUT2D eigenvalue weighted by Crippen LogP contribution is -2.29. The Kier molecular flexibility index (Phi) is 4.75. The number of amides is 1. The summed E-state index contributed by atoms with van der Waals surface area (Å²) in [7, 11) is 0. The zero-order valence-electron chi connectivity index (χ0n) is 12.8. The lowest BCUT2D eigenvalue weighted by molar-refractivity contribution is -0.0498. The highest BCUT2D eigenvalue weighted by molar-refractivity contribution is 5.94. The quantitative estimate of drug-likeness (QED) is 0.752. The van der Waals surface area contributed by atoms with E-state index in [9.17, 15) is 18.7 Å². The van der Waals surface area contributed by atoms with Crippen LogP contribution in [0.3, 0.4) is 0 Å². The number of aliphatic hydroxyl groups excluding tert-OH is 1.